The predicted octanol–water partition coefficient (Wildman–Crippen LogP) is 1.88. The standard InChI is InChI=1S/C11H17NOS/c1-9(8-13)12-7-10-3-5-11(14-2)6-4-10/h3-6,9,12-13H,7-8H2,1-2H3/t9-/m0/s1. The van der Waals surface area contributed by atoms with Crippen LogP contribution < -0.4 is 5.32 Å². The molecule has 2 nitrogen and oxygen atoms in total. The summed E-state index contributed by atoms with van der Waals surface area (Å²) in [7, 11) is 0. The van der Waals surface area contributed by atoms with Crippen LogP contribution >= 0.6 is 11.8 Å². The van der Waals surface area contributed by atoms with Gasteiger partial charge in [0.05, 0.1) is 6.61 Å². The van der Waals surface area contributed by atoms with E-state index in [2.05, 4.69) is 35.8 Å². The Bertz CT molecular complexity index is 260. The molecule has 1 aromatic rings. The molecule has 3 heteroatoms. The molecule has 78 valence electrons. The minimum Gasteiger partial charge on any atom is -0.395 e. The second-order valence-electron chi connectivity index (χ2n) is 3.31. The van der Waals surface area contributed by atoms with Gasteiger partial charge in [-0.1, -0.05) is 12.1 Å². The van der Waals surface area contributed by atoms with Gasteiger partial charge in [0, 0.05) is 17.5 Å². The van der Waals surface area contributed by atoms with Crippen LogP contribution in [0.5, 0.6) is 0 Å². The Hall–Kier alpha value is -0.510. The monoisotopic (exact) mass is 211 g/mol. The number of hydrogen-bond acceptors (Lipinski definition) is 3. The minimum atomic E-state index is 0.162. The van der Waals surface area contributed by atoms with Crippen molar-refractivity contribution in [1.29, 1.82) is 0 Å². The van der Waals surface area contributed by atoms with E-state index >= 15 is 0 Å². The molecule has 0 spiro atoms. The third kappa shape index (κ3) is 3.70. The maximum Gasteiger partial charge on any atom is 0.0582 e. The fraction of sp³-hybridized carbons (Fsp3) is 0.455. The van der Waals surface area contributed by atoms with Gasteiger partial charge in [0.2, 0.25) is 0 Å². The van der Waals surface area contributed by atoms with Crippen molar-refractivity contribution < 1.29 is 5.11 Å². The van der Waals surface area contributed by atoms with Crippen LogP contribution in [0.15, 0.2) is 29.2 Å². The zero-order chi connectivity index (χ0) is 10.4. The Morgan fingerprint density at radius 3 is 2.50 bits per heavy atom. The zero-order valence-electron chi connectivity index (χ0n) is 8.66. The molecule has 0 amide bonds. The molecular weight excluding hydrogens is 194 g/mol. The third-order valence-corrected chi connectivity index (χ3v) is 2.83. The number of nitrogens with one attached hydrogen (secondary N) is 1. The van der Waals surface area contributed by atoms with E-state index < -0.39 is 0 Å². The summed E-state index contributed by atoms with van der Waals surface area (Å²) in [6.07, 6.45) is 2.07. The van der Waals surface area contributed by atoms with Gasteiger partial charge < -0.3 is 10.4 Å². The van der Waals surface area contributed by atoms with Gasteiger partial charge >= 0.3 is 0 Å². The number of aliphatic hydroxyl groups excluding tert-OH is 1. The van der Waals surface area contributed by atoms with Crippen molar-refractivity contribution >= 4 is 11.8 Å². The van der Waals surface area contributed by atoms with Crippen molar-refractivity contribution in [2.24, 2.45) is 0 Å². The molecule has 0 bridgehead atoms. The quantitative estimate of drug-likeness (QED) is 0.729. The summed E-state index contributed by atoms with van der Waals surface area (Å²) >= 11 is 1.75. The van der Waals surface area contributed by atoms with Crippen molar-refractivity contribution in [1.82, 2.24) is 5.32 Å². The van der Waals surface area contributed by atoms with Crippen LogP contribution in [0, 0.1) is 0 Å². The highest BCUT2D eigenvalue weighted by Gasteiger charge is 1.98. The largest absolute Gasteiger partial charge is 0.395 e. The van der Waals surface area contributed by atoms with Crippen LogP contribution in [0.25, 0.3) is 0 Å². The van der Waals surface area contributed by atoms with Crippen LogP contribution in [0.1, 0.15) is 12.5 Å². The molecule has 2 N–H and O–H groups in total. The SMILES string of the molecule is CSc1ccc(CN[C@@H](C)CO)cc1. The molecule has 14 heavy (non-hydrogen) atoms. The Kier molecular flexibility index (Phi) is 5.01. The molecule has 0 aliphatic heterocycles. The lowest BCUT2D eigenvalue weighted by Crippen LogP contribution is -2.28. The molecule has 0 unspecified atom stereocenters. The van der Waals surface area contributed by atoms with Gasteiger partial charge in [0.1, 0.15) is 0 Å². The van der Waals surface area contributed by atoms with Crippen LogP contribution in [-0.4, -0.2) is 24.0 Å². The molecule has 0 radical (unpaired) electrons. The van der Waals surface area contributed by atoms with Crippen molar-refractivity contribution in [2.75, 3.05) is 12.9 Å². The number of hydrogen-bond donors (Lipinski definition) is 2. The maximum atomic E-state index is 8.83. The average molecular weight is 211 g/mol. The van der Waals surface area contributed by atoms with Gasteiger partial charge in [-0.2, -0.15) is 0 Å². The van der Waals surface area contributed by atoms with Crippen molar-refractivity contribution in [2.45, 2.75) is 24.4 Å². The van der Waals surface area contributed by atoms with Crippen LogP contribution in [0.3, 0.4) is 0 Å². The molecule has 0 fully saturated rings. The summed E-state index contributed by atoms with van der Waals surface area (Å²) in [4.78, 5) is 1.28. The van der Waals surface area contributed by atoms with Gasteiger partial charge in [0.25, 0.3) is 0 Å². The smallest absolute Gasteiger partial charge is 0.0582 e. The molecule has 1 atom stereocenters. The number of benzene rings is 1. The third-order valence-electron chi connectivity index (χ3n) is 2.09. The summed E-state index contributed by atoms with van der Waals surface area (Å²) in [6.45, 7) is 2.97. The fourth-order valence-corrected chi connectivity index (χ4v) is 1.51. The van der Waals surface area contributed by atoms with E-state index in [9.17, 15) is 0 Å². The van der Waals surface area contributed by atoms with Gasteiger partial charge in [-0.15, -0.1) is 11.8 Å². The second-order valence-corrected chi connectivity index (χ2v) is 4.19. The highest BCUT2D eigenvalue weighted by atomic mass is 32.2. The van der Waals surface area contributed by atoms with Crippen LogP contribution in [-0.2, 0) is 6.54 Å². The molecule has 0 aliphatic rings. The lowest BCUT2D eigenvalue weighted by molar-refractivity contribution is 0.251. The van der Waals surface area contributed by atoms with Gasteiger partial charge in [0.15, 0.2) is 0 Å². The van der Waals surface area contributed by atoms with E-state index in [4.69, 9.17) is 5.11 Å². The van der Waals surface area contributed by atoms with Crippen molar-refractivity contribution in [3.05, 3.63) is 29.8 Å². The lowest BCUT2D eigenvalue weighted by Gasteiger charge is -2.10. The first kappa shape index (κ1) is 11.6. The summed E-state index contributed by atoms with van der Waals surface area (Å²) in [5, 5.41) is 12.1. The molecule has 1 rings (SSSR count). The number of rotatable bonds is 5. The molecule has 0 aliphatic carbocycles. The Balaban J connectivity index is 2.43. The Morgan fingerprint density at radius 1 is 1.36 bits per heavy atom. The average Bonchev–Trinajstić information content (AvgIpc) is 2.26. The highest BCUT2D eigenvalue weighted by Crippen LogP contribution is 2.14. The van der Waals surface area contributed by atoms with Crippen molar-refractivity contribution in [3.8, 4) is 0 Å². The lowest BCUT2D eigenvalue weighted by atomic mass is 10.2. The first-order valence-electron chi connectivity index (χ1n) is 4.73. The zero-order valence-corrected chi connectivity index (χ0v) is 9.47. The number of thioether (sulfide) groups is 1. The van der Waals surface area contributed by atoms with Crippen molar-refractivity contribution in [3.63, 3.8) is 0 Å². The van der Waals surface area contributed by atoms with E-state index in [1.54, 1.807) is 11.8 Å². The first-order valence-corrected chi connectivity index (χ1v) is 5.96. The Labute approximate surface area is 89.7 Å². The van der Waals surface area contributed by atoms with Crippen LogP contribution in [0.4, 0.5) is 0 Å². The first-order chi connectivity index (χ1) is 6.76. The minimum absolute atomic E-state index is 0.162. The molecule has 0 saturated carbocycles. The summed E-state index contributed by atoms with van der Waals surface area (Å²) in [5.41, 5.74) is 1.25. The van der Waals surface area contributed by atoms with E-state index in [1.165, 1.54) is 10.5 Å². The maximum absolute atomic E-state index is 8.83. The number of aliphatic hydroxyl groups is 1. The molecule has 1 aromatic carbocycles. The van der Waals surface area contributed by atoms with E-state index in [0.717, 1.165) is 6.54 Å². The normalized spacial score (nSPS) is 12.8. The topological polar surface area (TPSA) is 32.3 Å². The fourth-order valence-electron chi connectivity index (χ4n) is 1.10. The summed E-state index contributed by atoms with van der Waals surface area (Å²) in [5.74, 6) is 0. The second kappa shape index (κ2) is 6.06. The van der Waals surface area contributed by atoms with Gasteiger partial charge in [-0.05, 0) is 30.9 Å². The highest BCUT2D eigenvalue weighted by molar-refractivity contribution is 7.98. The summed E-state index contributed by atoms with van der Waals surface area (Å²) in [6, 6.07) is 8.62. The predicted molar refractivity (Wildman–Crippen MR) is 61.6 cm³/mol. The Morgan fingerprint density at radius 2 is 2.00 bits per heavy atom. The summed E-state index contributed by atoms with van der Waals surface area (Å²) < 4.78 is 0. The van der Waals surface area contributed by atoms with Gasteiger partial charge in [-0.3, -0.25) is 0 Å². The molecular formula is C11H17NOS. The molecule has 0 saturated heterocycles. The van der Waals surface area contributed by atoms with Crippen LogP contribution in [0.2, 0.25) is 0 Å². The van der Waals surface area contributed by atoms with E-state index in [1.807, 2.05) is 6.92 Å². The van der Waals surface area contributed by atoms with E-state index in [-0.39, 0.29) is 12.6 Å². The molecule has 0 aromatic heterocycles. The van der Waals surface area contributed by atoms with E-state index in [0.29, 0.717) is 0 Å². The molecule has 0 heterocycles. The van der Waals surface area contributed by atoms with Gasteiger partial charge in [-0.25, -0.2) is 0 Å².